The fourth-order valence-electron chi connectivity index (χ4n) is 3.25. The molecule has 24 heavy (non-hydrogen) atoms. The molecule has 128 valence electrons. The van der Waals surface area contributed by atoms with Crippen LogP contribution in [0.2, 0.25) is 5.02 Å². The van der Waals surface area contributed by atoms with E-state index in [0.29, 0.717) is 30.2 Å². The van der Waals surface area contributed by atoms with Crippen LogP contribution < -0.4 is 0 Å². The lowest BCUT2D eigenvalue weighted by Crippen LogP contribution is -2.38. The molecule has 5 nitrogen and oxygen atoms in total. The van der Waals surface area contributed by atoms with Crippen LogP contribution in [0.25, 0.3) is 10.9 Å². The number of likely N-dealkylation sites (tertiary alicyclic amines) is 1. The maximum absolute atomic E-state index is 12.0. The Morgan fingerprint density at radius 1 is 1.54 bits per heavy atom. The molecule has 2 aromatic rings. The minimum absolute atomic E-state index is 0.102. The third-order valence-electron chi connectivity index (χ3n) is 4.41. The molecule has 0 bridgehead atoms. The van der Waals surface area contributed by atoms with Crippen LogP contribution in [0.5, 0.6) is 5.75 Å². The zero-order valence-electron chi connectivity index (χ0n) is 13.7. The lowest BCUT2D eigenvalue weighted by molar-refractivity contribution is -0.150. The summed E-state index contributed by atoms with van der Waals surface area (Å²) in [7, 11) is 0. The minimum Gasteiger partial charge on any atom is -0.505 e. The summed E-state index contributed by atoms with van der Waals surface area (Å²) in [6.45, 7) is 4.28. The van der Waals surface area contributed by atoms with E-state index in [2.05, 4.69) is 9.88 Å². The van der Waals surface area contributed by atoms with Crippen LogP contribution in [0.4, 0.5) is 0 Å². The van der Waals surface area contributed by atoms with Crippen molar-refractivity contribution in [3.63, 3.8) is 0 Å². The van der Waals surface area contributed by atoms with Crippen molar-refractivity contribution in [2.75, 3.05) is 19.7 Å². The van der Waals surface area contributed by atoms with Gasteiger partial charge in [-0.25, -0.2) is 0 Å². The normalized spacial score (nSPS) is 18.7. The molecule has 1 aromatic carbocycles. The number of hydrogen-bond acceptors (Lipinski definition) is 5. The molecule has 1 fully saturated rings. The summed E-state index contributed by atoms with van der Waals surface area (Å²) < 4.78 is 5.13. The maximum atomic E-state index is 12.0. The van der Waals surface area contributed by atoms with E-state index in [9.17, 15) is 9.90 Å². The quantitative estimate of drug-likeness (QED) is 0.858. The number of fused-ring (bicyclic) bond motifs is 1. The number of halogens is 1. The average Bonchev–Trinajstić information content (AvgIpc) is 2.60. The molecule has 1 aromatic heterocycles. The van der Waals surface area contributed by atoms with E-state index >= 15 is 0 Å². The number of nitrogens with zero attached hydrogens (tertiary/aromatic N) is 2. The highest BCUT2D eigenvalue weighted by atomic mass is 35.5. The van der Waals surface area contributed by atoms with Crippen LogP contribution in [-0.4, -0.2) is 40.7 Å². The average molecular weight is 349 g/mol. The highest BCUT2D eigenvalue weighted by Gasteiger charge is 2.27. The van der Waals surface area contributed by atoms with E-state index in [0.717, 1.165) is 30.3 Å². The summed E-state index contributed by atoms with van der Waals surface area (Å²) in [6.07, 6.45) is 3.42. The van der Waals surface area contributed by atoms with E-state index < -0.39 is 0 Å². The van der Waals surface area contributed by atoms with Gasteiger partial charge in [-0.2, -0.15) is 0 Å². The predicted molar refractivity (Wildman–Crippen MR) is 93.1 cm³/mol. The SMILES string of the molecule is CCOC(=O)[C@@H]1CCCN(Cc2cc(Cl)c3cccnc3c2O)C1. The Labute approximate surface area is 146 Å². The second-order valence-corrected chi connectivity index (χ2v) is 6.50. The first kappa shape index (κ1) is 17.0. The molecule has 0 spiro atoms. The molecule has 3 rings (SSSR count). The van der Waals surface area contributed by atoms with Gasteiger partial charge in [-0.1, -0.05) is 11.6 Å². The molecular formula is C18H21ClN2O3. The van der Waals surface area contributed by atoms with Crippen LogP contribution in [0.15, 0.2) is 24.4 Å². The van der Waals surface area contributed by atoms with Gasteiger partial charge in [0.1, 0.15) is 11.3 Å². The number of ether oxygens (including phenoxy) is 1. The Balaban J connectivity index is 1.79. The van der Waals surface area contributed by atoms with Gasteiger partial charge in [0.05, 0.1) is 17.5 Å². The Morgan fingerprint density at radius 2 is 2.38 bits per heavy atom. The van der Waals surface area contributed by atoms with Gasteiger partial charge < -0.3 is 9.84 Å². The zero-order valence-corrected chi connectivity index (χ0v) is 14.4. The van der Waals surface area contributed by atoms with Crippen molar-refractivity contribution < 1.29 is 14.6 Å². The number of piperidine rings is 1. The van der Waals surface area contributed by atoms with E-state index in [1.54, 1.807) is 18.3 Å². The van der Waals surface area contributed by atoms with Crippen molar-refractivity contribution in [1.29, 1.82) is 0 Å². The summed E-state index contributed by atoms with van der Waals surface area (Å²) in [6, 6.07) is 5.42. The van der Waals surface area contributed by atoms with E-state index in [1.165, 1.54) is 0 Å². The molecule has 1 N–H and O–H groups in total. The van der Waals surface area contributed by atoms with Crippen LogP contribution in [0.3, 0.4) is 0 Å². The summed E-state index contributed by atoms with van der Waals surface area (Å²) in [5.74, 6) is -0.0761. The van der Waals surface area contributed by atoms with E-state index in [-0.39, 0.29) is 17.6 Å². The van der Waals surface area contributed by atoms with Gasteiger partial charge in [0, 0.05) is 30.2 Å². The Kier molecular flexibility index (Phi) is 5.21. The monoisotopic (exact) mass is 348 g/mol. The Morgan fingerprint density at radius 3 is 3.17 bits per heavy atom. The smallest absolute Gasteiger partial charge is 0.310 e. The summed E-state index contributed by atoms with van der Waals surface area (Å²) in [4.78, 5) is 18.4. The highest BCUT2D eigenvalue weighted by molar-refractivity contribution is 6.35. The Bertz CT molecular complexity index is 750. The van der Waals surface area contributed by atoms with Gasteiger partial charge in [-0.15, -0.1) is 0 Å². The number of benzene rings is 1. The predicted octanol–water partition coefficient (Wildman–Crippen LogP) is 3.37. The van der Waals surface area contributed by atoms with E-state index in [4.69, 9.17) is 16.3 Å². The molecule has 6 heteroatoms. The number of carbonyl (C=O) groups is 1. The molecule has 0 radical (unpaired) electrons. The van der Waals surface area contributed by atoms with Gasteiger partial charge in [0.15, 0.2) is 0 Å². The van der Waals surface area contributed by atoms with Crippen molar-refractivity contribution in [1.82, 2.24) is 9.88 Å². The van der Waals surface area contributed by atoms with Crippen LogP contribution in [0.1, 0.15) is 25.3 Å². The topological polar surface area (TPSA) is 62.7 Å². The number of phenols is 1. The summed E-state index contributed by atoms with van der Waals surface area (Å²) in [5, 5.41) is 11.8. The van der Waals surface area contributed by atoms with Gasteiger partial charge in [0.2, 0.25) is 0 Å². The first-order valence-corrected chi connectivity index (χ1v) is 8.62. The summed E-state index contributed by atoms with van der Waals surface area (Å²) >= 11 is 6.33. The number of aromatic hydroxyl groups is 1. The molecule has 2 heterocycles. The highest BCUT2D eigenvalue weighted by Crippen LogP contribution is 2.34. The largest absolute Gasteiger partial charge is 0.505 e. The van der Waals surface area contributed by atoms with Crippen molar-refractivity contribution in [2.45, 2.75) is 26.3 Å². The first-order valence-electron chi connectivity index (χ1n) is 8.24. The molecule has 1 saturated heterocycles. The van der Waals surface area contributed by atoms with Crippen molar-refractivity contribution in [3.05, 3.63) is 35.0 Å². The van der Waals surface area contributed by atoms with Gasteiger partial charge in [-0.05, 0) is 44.5 Å². The molecular weight excluding hydrogens is 328 g/mol. The lowest BCUT2D eigenvalue weighted by atomic mass is 9.97. The van der Waals surface area contributed by atoms with Gasteiger partial charge in [0.25, 0.3) is 0 Å². The first-order chi connectivity index (χ1) is 11.6. The minimum atomic E-state index is -0.135. The third kappa shape index (κ3) is 3.47. The maximum Gasteiger partial charge on any atom is 0.310 e. The molecule has 0 saturated carbocycles. The van der Waals surface area contributed by atoms with Crippen molar-refractivity contribution in [2.24, 2.45) is 5.92 Å². The van der Waals surface area contributed by atoms with E-state index in [1.807, 2.05) is 13.0 Å². The summed E-state index contributed by atoms with van der Waals surface area (Å²) in [5.41, 5.74) is 1.25. The van der Waals surface area contributed by atoms with Crippen LogP contribution in [-0.2, 0) is 16.1 Å². The number of hydrogen-bond donors (Lipinski definition) is 1. The lowest BCUT2D eigenvalue weighted by Gasteiger charge is -2.31. The number of rotatable bonds is 4. The molecule has 0 unspecified atom stereocenters. The fourth-order valence-corrected chi connectivity index (χ4v) is 3.54. The molecule has 1 aliphatic rings. The third-order valence-corrected chi connectivity index (χ3v) is 4.73. The second-order valence-electron chi connectivity index (χ2n) is 6.09. The van der Waals surface area contributed by atoms with Gasteiger partial charge in [-0.3, -0.25) is 14.7 Å². The fraction of sp³-hybridized carbons (Fsp3) is 0.444. The molecule has 1 atom stereocenters. The number of pyridine rings is 1. The van der Waals surface area contributed by atoms with Crippen LogP contribution in [0, 0.1) is 5.92 Å². The van der Waals surface area contributed by atoms with Gasteiger partial charge >= 0.3 is 5.97 Å². The molecule has 0 aliphatic carbocycles. The Hall–Kier alpha value is -1.85. The number of carbonyl (C=O) groups excluding carboxylic acids is 1. The number of aromatic nitrogens is 1. The molecule has 1 aliphatic heterocycles. The standard InChI is InChI=1S/C18H21ClN2O3/c1-2-24-18(23)12-5-4-8-21(10-12)11-13-9-15(19)14-6-3-7-20-16(14)17(13)22/h3,6-7,9,12,22H,2,4-5,8,10-11H2,1H3/t12-/m1/s1. The zero-order chi connectivity index (χ0) is 17.1. The van der Waals surface area contributed by atoms with Crippen molar-refractivity contribution >= 4 is 28.5 Å². The number of esters is 1. The second kappa shape index (κ2) is 7.36. The van der Waals surface area contributed by atoms with Crippen molar-refractivity contribution in [3.8, 4) is 5.75 Å². The van der Waals surface area contributed by atoms with Crippen LogP contribution >= 0.6 is 11.6 Å². The molecule has 0 amide bonds. The number of phenolic OH excluding ortho intramolecular Hbond substituents is 1.